The highest BCUT2D eigenvalue weighted by Crippen LogP contribution is 2.31. The van der Waals surface area contributed by atoms with E-state index in [0.717, 1.165) is 16.3 Å². The first-order valence-electron chi connectivity index (χ1n) is 10.4. The molecule has 1 aromatic heterocycles. The van der Waals surface area contributed by atoms with Gasteiger partial charge >= 0.3 is 0 Å². The lowest BCUT2D eigenvalue weighted by molar-refractivity contribution is 0.0971. The molecule has 3 aromatic rings. The molecule has 31 heavy (non-hydrogen) atoms. The van der Waals surface area contributed by atoms with Gasteiger partial charge in [-0.3, -0.25) is 14.4 Å². The fraction of sp³-hybridized carbons (Fsp3) is 0.375. The van der Waals surface area contributed by atoms with Crippen LogP contribution in [0.2, 0.25) is 0 Å². The normalized spacial score (nSPS) is 11.3. The molecule has 0 spiro atoms. The van der Waals surface area contributed by atoms with Gasteiger partial charge in [-0.2, -0.15) is 0 Å². The summed E-state index contributed by atoms with van der Waals surface area (Å²) in [5, 5.41) is 1.57. The van der Waals surface area contributed by atoms with Gasteiger partial charge in [-0.25, -0.2) is 0 Å². The minimum Gasteiger partial charge on any atom is -0.354 e. The molecule has 1 N–H and O–H groups in total. The molecule has 0 saturated carbocycles. The molecule has 0 aliphatic rings. The molecular weight excluding hydrogens is 457 g/mol. The van der Waals surface area contributed by atoms with Gasteiger partial charge in [0.1, 0.15) is 0 Å². The minimum absolute atomic E-state index is 0.0182. The maximum atomic E-state index is 12.9. The van der Waals surface area contributed by atoms with Crippen molar-refractivity contribution in [3.63, 3.8) is 0 Å². The number of carbonyl (C=O) groups excluding carboxylic acids is 3. The zero-order chi connectivity index (χ0) is 22.4. The number of ketones is 3. The van der Waals surface area contributed by atoms with Crippen LogP contribution in [0, 0.1) is 0 Å². The molecule has 3 rings (SSSR count). The fourth-order valence-corrected chi connectivity index (χ4v) is 4.06. The van der Waals surface area contributed by atoms with E-state index in [0.29, 0.717) is 78.4 Å². The summed E-state index contributed by atoms with van der Waals surface area (Å²) >= 11 is 17.2. The van der Waals surface area contributed by atoms with Crippen molar-refractivity contribution in [2.75, 3.05) is 17.6 Å². The van der Waals surface area contributed by atoms with Crippen molar-refractivity contribution >= 4 is 74.0 Å². The number of H-pyrrole nitrogens is 1. The number of fused-ring (bicyclic) bond motifs is 3. The Morgan fingerprint density at radius 2 is 1.23 bits per heavy atom. The van der Waals surface area contributed by atoms with E-state index in [1.54, 1.807) is 18.2 Å². The van der Waals surface area contributed by atoms with Crippen LogP contribution in [0.15, 0.2) is 30.3 Å². The Morgan fingerprint density at radius 3 is 1.84 bits per heavy atom. The van der Waals surface area contributed by atoms with Gasteiger partial charge in [0.15, 0.2) is 17.3 Å². The monoisotopic (exact) mass is 479 g/mol. The molecule has 0 bridgehead atoms. The summed E-state index contributed by atoms with van der Waals surface area (Å²) in [6.45, 7) is 0. The van der Waals surface area contributed by atoms with E-state index in [-0.39, 0.29) is 17.3 Å². The van der Waals surface area contributed by atoms with E-state index in [9.17, 15) is 14.4 Å². The average molecular weight is 481 g/mol. The molecular formula is C24H24Cl3NO3. The van der Waals surface area contributed by atoms with Crippen molar-refractivity contribution < 1.29 is 14.4 Å². The number of carbonyl (C=O) groups is 3. The number of hydrogen-bond acceptors (Lipinski definition) is 3. The summed E-state index contributed by atoms with van der Waals surface area (Å²) in [4.78, 5) is 41.4. The molecule has 0 amide bonds. The summed E-state index contributed by atoms with van der Waals surface area (Å²) in [5.74, 6) is 1.12. The second kappa shape index (κ2) is 11.1. The topological polar surface area (TPSA) is 67.0 Å². The van der Waals surface area contributed by atoms with Crippen molar-refractivity contribution in [1.29, 1.82) is 0 Å². The van der Waals surface area contributed by atoms with E-state index >= 15 is 0 Å². The maximum Gasteiger partial charge on any atom is 0.165 e. The lowest BCUT2D eigenvalue weighted by atomic mass is 9.96. The van der Waals surface area contributed by atoms with Gasteiger partial charge in [-0.05, 0) is 49.6 Å². The summed E-state index contributed by atoms with van der Waals surface area (Å²) in [7, 11) is 0. The summed E-state index contributed by atoms with van der Waals surface area (Å²) in [6, 6.07) is 8.90. The van der Waals surface area contributed by atoms with Gasteiger partial charge in [-0.15, -0.1) is 34.8 Å². The molecule has 4 nitrogen and oxygen atoms in total. The first-order valence-corrected chi connectivity index (χ1v) is 12.0. The second-order valence-electron chi connectivity index (χ2n) is 7.48. The van der Waals surface area contributed by atoms with Crippen LogP contribution in [0.4, 0.5) is 0 Å². The zero-order valence-corrected chi connectivity index (χ0v) is 19.4. The first-order chi connectivity index (χ1) is 15.0. The molecule has 0 radical (unpaired) electrons. The van der Waals surface area contributed by atoms with Gasteiger partial charge < -0.3 is 4.98 Å². The largest absolute Gasteiger partial charge is 0.354 e. The first kappa shape index (κ1) is 23.8. The van der Waals surface area contributed by atoms with Crippen LogP contribution in [0.5, 0.6) is 0 Å². The Bertz CT molecular complexity index is 1120. The predicted molar refractivity (Wildman–Crippen MR) is 129 cm³/mol. The van der Waals surface area contributed by atoms with Crippen molar-refractivity contribution in [3.05, 3.63) is 47.0 Å². The third-order valence-corrected chi connectivity index (χ3v) is 6.07. The van der Waals surface area contributed by atoms with Crippen LogP contribution in [0.3, 0.4) is 0 Å². The van der Waals surface area contributed by atoms with Crippen LogP contribution < -0.4 is 0 Å². The van der Waals surface area contributed by atoms with Crippen LogP contribution >= 0.6 is 34.8 Å². The Labute approximate surface area is 196 Å². The summed E-state index contributed by atoms with van der Waals surface area (Å²) < 4.78 is 0. The van der Waals surface area contributed by atoms with Crippen LogP contribution in [0.25, 0.3) is 21.8 Å². The van der Waals surface area contributed by atoms with Crippen LogP contribution in [-0.2, 0) is 0 Å². The Hall–Kier alpha value is -1.88. The van der Waals surface area contributed by atoms with Gasteiger partial charge in [0.05, 0.1) is 5.52 Å². The highest BCUT2D eigenvalue weighted by Gasteiger charge is 2.19. The van der Waals surface area contributed by atoms with Crippen molar-refractivity contribution in [2.24, 2.45) is 0 Å². The number of halogens is 3. The van der Waals surface area contributed by atoms with E-state index in [4.69, 9.17) is 34.8 Å². The van der Waals surface area contributed by atoms with E-state index in [2.05, 4.69) is 4.98 Å². The predicted octanol–water partition coefficient (Wildman–Crippen LogP) is 6.93. The number of benzene rings is 2. The SMILES string of the molecule is O=C(CCCCl)c1ccc2[nH]c3c(C(=O)CCCCl)cc(C(=O)CCCCl)cc3c2c1. The lowest BCUT2D eigenvalue weighted by Gasteiger charge is -2.07. The highest BCUT2D eigenvalue weighted by molar-refractivity contribution is 6.20. The number of aromatic nitrogens is 1. The number of hydrogen-bond donors (Lipinski definition) is 1. The van der Waals surface area contributed by atoms with Gasteiger partial charge in [0.2, 0.25) is 0 Å². The van der Waals surface area contributed by atoms with Crippen molar-refractivity contribution in [1.82, 2.24) is 4.98 Å². The van der Waals surface area contributed by atoms with Crippen molar-refractivity contribution in [3.8, 4) is 0 Å². The van der Waals surface area contributed by atoms with Gasteiger partial charge in [0.25, 0.3) is 0 Å². The second-order valence-corrected chi connectivity index (χ2v) is 8.61. The van der Waals surface area contributed by atoms with Gasteiger partial charge in [-0.1, -0.05) is 0 Å². The molecule has 0 aliphatic heterocycles. The molecule has 1 heterocycles. The maximum absolute atomic E-state index is 12.9. The van der Waals surface area contributed by atoms with E-state index in [1.807, 2.05) is 12.1 Å². The number of alkyl halides is 3. The van der Waals surface area contributed by atoms with Crippen LogP contribution in [0.1, 0.15) is 69.6 Å². The van der Waals surface area contributed by atoms with E-state index < -0.39 is 0 Å². The number of aromatic amines is 1. The Morgan fingerprint density at radius 1 is 0.677 bits per heavy atom. The number of nitrogens with one attached hydrogen (secondary N) is 1. The average Bonchev–Trinajstić information content (AvgIpc) is 3.16. The van der Waals surface area contributed by atoms with Crippen molar-refractivity contribution in [2.45, 2.75) is 38.5 Å². The summed E-state index contributed by atoms with van der Waals surface area (Å²) in [5.41, 5.74) is 3.02. The third kappa shape index (κ3) is 5.49. The number of rotatable bonds is 12. The third-order valence-electron chi connectivity index (χ3n) is 5.26. The zero-order valence-electron chi connectivity index (χ0n) is 17.1. The molecule has 0 saturated heterocycles. The van der Waals surface area contributed by atoms with Crippen LogP contribution in [-0.4, -0.2) is 40.0 Å². The molecule has 0 fully saturated rings. The molecule has 0 atom stereocenters. The highest BCUT2D eigenvalue weighted by atomic mass is 35.5. The molecule has 0 unspecified atom stereocenters. The molecule has 2 aromatic carbocycles. The standard InChI is InChI=1S/C24H24Cl3NO3/c25-9-1-4-21(29)15-7-8-20-17(12-15)18-13-16(22(30)5-2-10-26)14-19(24(18)28-20)23(31)6-3-11-27/h7-8,12-14,28H,1-6,9-11H2. The van der Waals surface area contributed by atoms with Gasteiger partial charge in [0, 0.05) is 69.9 Å². The van der Waals surface area contributed by atoms with E-state index in [1.165, 1.54) is 0 Å². The Balaban J connectivity index is 2.15. The summed E-state index contributed by atoms with van der Waals surface area (Å²) in [6.07, 6.45) is 2.74. The number of Topliss-reactive ketones (excluding diaryl/α,β-unsaturated/α-hetero) is 3. The molecule has 7 heteroatoms. The fourth-order valence-electron chi connectivity index (χ4n) is 3.66. The quantitative estimate of drug-likeness (QED) is 0.226. The molecule has 164 valence electrons. The smallest absolute Gasteiger partial charge is 0.165 e. The lowest BCUT2D eigenvalue weighted by Crippen LogP contribution is -2.05. The molecule has 0 aliphatic carbocycles. The Kier molecular flexibility index (Phi) is 8.53. The minimum atomic E-state index is -0.0670.